The van der Waals surface area contributed by atoms with Gasteiger partial charge in [-0.3, -0.25) is 39.1 Å². The molecule has 1 N–H and O–H groups in total. The third-order valence-corrected chi connectivity index (χ3v) is 13.8. The largest absolute Gasteiger partial charge is 0.489 e. The zero-order valence-electron chi connectivity index (χ0n) is 33.8. The number of nitriles is 1. The standard InChI is InChI=1S/C46H44ClFN6O6/c1-45(2)43(46(3,4)44(45)60-31-9-7-27(21-49)35(47)19-31)53-22-28-17-26(36(48)20-33(28)40(53)57)6-5-25-13-15-51(16-14-25)30-23-52(24-30)29-8-10-32-34(18-29)42(59)54(41(32)58)37-11-12-38(55)50-39(37)56/h7-10,17-20,25,30,37,43-44H,11-16,22-24H2,1-4H3,(H,50,55,56)/t37?,43-,44-. The highest BCUT2D eigenvalue weighted by Gasteiger charge is 2.67. The van der Waals surface area contributed by atoms with Gasteiger partial charge in [-0.25, -0.2) is 4.39 Å². The Kier molecular flexibility index (Phi) is 9.56. The van der Waals surface area contributed by atoms with E-state index in [1.165, 1.54) is 6.07 Å². The average molecular weight is 831 g/mol. The monoisotopic (exact) mass is 830 g/mol. The zero-order chi connectivity index (χ0) is 42.4. The quantitative estimate of drug-likeness (QED) is 0.250. The van der Waals surface area contributed by atoms with Gasteiger partial charge in [0.25, 0.3) is 17.7 Å². The summed E-state index contributed by atoms with van der Waals surface area (Å²) in [6.45, 7) is 11.9. The van der Waals surface area contributed by atoms with Gasteiger partial charge in [0.05, 0.1) is 27.3 Å². The molecule has 0 aromatic heterocycles. The summed E-state index contributed by atoms with van der Waals surface area (Å²) in [5, 5.41) is 11.8. The second-order valence-electron chi connectivity index (χ2n) is 18.0. The van der Waals surface area contributed by atoms with Crippen LogP contribution in [0.5, 0.6) is 5.75 Å². The predicted molar refractivity (Wildman–Crippen MR) is 218 cm³/mol. The molecule has 3 aromatic carbocycles. The van der Waals surface area contributed by atoms with E-state index in [-0.39, 0.29) is 47.9 Å². The Hall–Kier alpha value is -5.76. The Labute approximate surface area is 352 Å². The predicted octanol–water partition coefficient (Wildman–Crippen LogP) is 5.54. The van der Waals surface area contributed by atoms with E-state index in [1.54, 1.807) is 36.4 Å². The fraction of sp³-hybridized carbons (Fsp3) is 0.435. The molecule has 3 aromatic rings. The first-order valence-corrected chi connectivity index (χ1v) is 20.8. The van der Waals surface area contributed by atoms with Gasteiger partial charge in [-0.2, -0.15) is 5.26 Å². The molecule has 0 radical (unpaired) electrons. The van der Waals surface area contributed by atoms with E-state index in [0.717, 1.165) is 55.2 Å². The van der Waals surface area contributed by atoms with Crippen LogP contribution in [0.3, 0.4) is 0 Å². The highest BCUT2D eigenvalue weighted by atomic mass is 35.5. The number of carbonyl (C=O) groups is 5. The number of ether oxygens (including phenoxy) is 1. The van der Waals surface area contributed by atoms with Gasteiger partial charge >= 0.3 is 0 Å². The van der Waals surface area contributed by atoms with Crippen LogP contribution in [0.1, 0.15) is 101 Å². The van der Waals surface area contributed by atoms with Crippen molar-refractivity contribution in [2.24, 2.45) is 16.7 Å². The molecular weight excluding hydrogens is 787 g/mol. The fourth-order valence-corrected chi connectivity index (χ4v) is 11.0. The number of nitrogens with one attached hydrogen (secondary N) is 1. The van der Waals surface area contributed by atoms with Crippen LogP contribution < -0.4 is 15.0 Å². The molecule has 1 saturated carbocycles. The first-order valence-electron chi connectivity index (χ1n) is 20.4. The maximum Gasteiger partial charge on any atom is 0.262 e. The van der Waals surface area contributed by atoms with Crippen molar-refractivity contribution in [2.75, 3.05) is 31.1 Å². The average Bonchev–Trinajstić information content (AvgIpc) is 3.62. The Balaban J connectivity index is 0.791. The molecule has 14 heteroatoms. The summed E-state index contributed by atoms with van der Waals surface area (Å²) in [6, 6.07) is 14.5. The molecule has 6 aliphatic rings. The molecule has 1 atom stereocenters. The highest BCUT2D eigenvalue weighted by molar-refractivity contribution is 6.31. The van der Waals surface area contributed by atoms with Gasteiger partial charge in [-0.15, -0.1) is 0 Å². The number of halogens is 2. The number of fused-ring (bicyclic) bond motifs is 2. The lowest BCUT2D eigenvalue weighted by Gasteiger charge is -2.65. The lowest BCUT2D eigenvalue weighted by atomic mass is 9.49. The smallest absolute Gasteiger partial charge is 0.262 e. The lowest BCUT2D eigenvalue weighted by molar-refractivity contribution is -0.199. The van der Waals surface area contributed by atoms with Crippen molar-refractivity contribution in [3.63, 3.8) is 0 Å². The van der Waals surface area contributed by atoms with Gasteiger partial charge in [0.15, 0.2) is 0 Å². The van der Waals surface area contributed by atoms with Gasteiger partial charge < -0.3 is 14.5 Å². The molecule has 12 nitrogen and oxygen atoms in total. The van der Waals surface area contributed by atoms with Gasteiger partial charge in [-0.05, 0) is 80.4 Å². The van der Waals surface area contributed by atoms with Gasteiger partial charge in [0.2, 0.25) is 11.8 Å². The van der Waals surface area contributed by atoms with Crippen molar-refractivity contribution in [1.82, 2.24) is 20.0 Å². The summed E-state index contributed by atoms with van der Waals surface area (Å²) in [5.41, 5.74) is 2.27. The molecule has 0 spiro atoms. The van der Waals surface area contributed by atoms with Crippen LogP contribution in [0.15, 0.2) is 48.5 Å². The Morgan fingerprint density at radius 2 is 1.57 bits per heavy atom. The van der Waals surface area contributed by atoms with Gasteiger partial charge in [0.1, 0.15) is 29.8 Å². The Morgan fingerprint density at radius 3 is 2.25 bits per heavy atom. The fourth-order valence-electron chi connectivity index (χ4n) is 10.8. The number of benzene rings is 3. The van der Waals surface area contributed by atoms with Crippen molar-refractivity contribution in [2.45, 2.75) is 84.2 Å². The molecule has 9 rings (SSSR count). The summed E-state index contributed by atoms with van der Waals surface area (Å²) in [6.07, 6.45) is 1.62. The van der Waals surface area contributed by atoms with E-state index in [9.17, 15) is 29.2 Å². The number of hydrogen-bond acceptors (Lipinski definition) is 9. The third kappa shape index (κ3) is 6.41. The van der Waals surface area contributed by atoms with E-state index in [0.29, 0.717) is 40.0 Å². The van der Waals surface area contributed by atoms with E-state index in [4.69, 9.17) is 16.3 Å². The molecule has 60 heavy (non-hydrogen) atoms. The van der Waals surface area contributed by atoms with Gasteiger partial charge in [0, 0.05) is 72.2 Å². The number of piperidine rings is 2. The maximum absolute atomic E-state index is 15.5. The molecule has 0 bridgehead atoms. The minimum absolute atomic E-state index is 0.0711. The van der Waals surface area contributed by atoms with Crippen LogP contribution in [0.4, 0.5) is 10.1 Å². The lowest BCUT2D eigenvalue weighted by Crippen LogP contribution is -2.74. The minimum atomic E-state index is -0.999. The minimum Gasteiger partial charge on any atom is -0.489 e. The number of imide groups is 2. The van der Waals surface area contributed by atoms with Crippen LogP contribution >= 0.6 is 11.6 Å². The topological polar surface area (TPSA) is 143 Å². The van der Waals surface area contributed by atoms with Crippen molar-refractivity contribution in [3.8, 4) is 23.7 Å². The van der Waals surface area contributed by atoms with Crippen molar-refractivity contribution >= 4 is 46.8 Å². The van der Waals surface area contributed by atoms with Crippen molar-refractivity contribution < 1.29 is 33.1 Å². The second-order valence-corrected chi connectivity index (χ2v) is 18.4. The first kappa shape index (κ1) is 39.7. The summed E-state index contributed by atoms with van der Waals surface area (Å²) in [5.74, 6) is 4.32. The SMILES string of the molecule is CC1(C)[C@H](Oc2ccc(C#N)c(Cl)c2)C(C)(C)[C@H]1N1Cc2cc(C#CC3CCN(C4CN(c5ccc6c(c5)C(=O)N(C5CCC(=O)NC5=O)C6=O)C4)CC3)c(F)cc2C1=O. The van der Waals surface area contributed by atoms with Crippen molar-refractivity contribution in [3.05, 3.63) is 92.8 Å². The number of anilines is 1. The molecule has 5 amide bonds. The normalized spacial score (nSPS) is 24.9. The number of nitrogens with zero attached hydrogens (tertiary/aromatic N) is 5. The molecule has 5 aliphatic heterocycles. The van der Waals surface area contributed by atoms with Crippen LogP contribution in [-0.4, -0.2) is 94.6 Å². The summed E-state index contributed by atoms with van der Waals surface area (Å²) in [7, 11) is 0. The first-order chi connectivity index (χ1) is 28.6. The van der Waals surface area contributed by atoms with Crippen LogP contribution in [0, 0.1) is 45.7 Å². The molecule has 1 unspecified atom stereocenters. The summed E-state index contributed by atoms with van der Waals surface area (Å²) >= 11 is 6.27. The van der Waals surface area contributed by atoms with Crippen LogP contribution in [0.2, 0.25) is 5.02 Å². The van der Waals surface area contributed by atoms with E-state index < -0.39 is 46.3 Å². The van der Waals surface area contributed by atoms with E-state index in [1.807, 2.05) is 11.0 Å². The molecule has 5 heterocycles. The second kappa shape index (κ2) is 14.5. The number of amides is 5. The Morgan fingerprint density at radius 1 is 0.850 bits per heavy atom. The maximum atomic E-state index is 15.5. The third-order valence-electron chi connectivity index (χ3n) is 13.5. The molecule has 1 aliphatic carbocycles. The van der Waals surface area contributed by atoms with E-state index >= 15 is 4.39 Å². The molecule has 4 fully saturated rings. The summed E-state index contributed by atoms with van der Waals surface area (Å²) < 4.78 is 22.0. The number of carbonyl (C=O) groups excluding carboxylic acids is 5. The van der Waals surface area contributed by atoms with Gasteiger partial charge in [-0.1, -0.05) is 51.1 Å². The number of rotatable bonds is 6. The zero-order valence-corrected chi connectivity index (χ0v) is 34.6. The summed E-state index contributed by atoms with van der Waals surface area (Å²) in [4.78, 5) is 71.7. The molecule has 3 saturated heterocycles. The van der Waals surface area contributed by atoms with Crippen LogP contribution in [0.25, 0.3) is 0 Å². The number of hydrogen-bond donors (Lipinski definition) is 1. The van der Waals surface area contributed by atoms with Crippen LogP contribution in [-0.2, 0) is 16.1 Å². The molecule has 308 valence electrons. The Bertz CT molecular complexity index is 2490. The highest BCUT2D eigenvalue weighted by Crippen LogP contribution is 2.59. The number of likely N-dealkylation sites (tertiary alicyclic amines) is 1. The van der Waals surface area contributed by atoms with E-state index in [2.05, 4.69) is 60.7 Å². The molecular formula is C46H44ClFN6O6. The van der Waals surface area contributed by atoms with Crippen molar-refractivity contribution in [1.29, 1.82) is 5.26 Å².